The lowest BCUT2D eigenvalue weighted by molar-refractivity contribution is 0.0693. The minimum atomic E-state index is -0.240. The molecule has 0 atom stereocenters. The summed E-state index contributed by atoms with van der Waals surface area (Å²) in [5.41, 5.74) is 7.35. The van der Waals surface area contributed by atoms with Crippen molar-refractivity contribution in [2.75, 3.05) is 39.2 Å². The largest absolute Gasteiger partial charge is 0.398 e. The van der Waals surface area contributed by atoms with Crippen LogP contribution in [0, 0.1) is 6.92 Å². The van der Waals surface area contributed by atoms with Gasteiger partial charge in [-0.3, -0.25) is 9.78 Å². The third kappa shape index (κ3) is 4.68. The van der Waals surface area contributed by atoms with Crippen LogP contribution in [0.1, 0.15) is 16.1 Å². The number of carbonyl (C=O) groups excluding carboxylic acids is 1. The number of hydrogen-bond acceptors (Lipinski definition) is 5. The number of amides is 1. The van der Waals surface area contributed by atoms with Gasteiger partial charge in [0, 0.05) is 31.2 Å². The Labute approximate surface area is 106 Å². The molecule has 0 aliphatic carbocycles. The molecule has 0 saturated carbocycles. The summed E-state index contributed by atoms with van der Waals surface area (Å²) in [7, 11) is 1.61. The Balaban J connectivity index is 2.32. The Hall–Kier alpha value is -1.66. The summed E-state index contributed by atoms with van der Waals surface area (Å²) in [6, 6.07) is 1.67. The van der Waals surface area contributed by atoms with Crippen molar-refractivity contribution >= 4 is 11.6 Å². The number of ether oxygens (including phenoxy) is 2. The summed E-state index contributed by atoms with van der Waals surface area (Å²) in [4.78, 5) is 15.8. The van der Waals surface area contributed by atoms with Gasteiger partial charge in [0.2, 0.25) is 0 Å². The zero-order valence-electron chi connectivity index (χ0n) is 10.7. The molecule has 1 amide bonds. The molecule has 1 heterocycles. The number of pyridine rings is 1. The highest BCUT2D eigenvalue weighted by Crippen LogP contribution is 2.10. The van der Waals surface area contributed by atoms with Gasteiger partial charge in [-0.2, -0.15) is 0 Å². The molecule has 0 fully saturated rings. The Kier molecular flexibility index (Phi) is 6.10. The number of rotatable bonds is 7. The number of nitrogens with one attached hydrogen (secondary N) is 1. The fraction of sp³-hybridized carbons (Fsp3) is 0.500. The number of anilines is 1. The highest BCUT2D eigenvalue weighted by molar-refractivity contribution is 5.98. The first kappa shape index (κ1) is 14.4. The maximum atomic E-state index is 11.8. The first-order chi connectivity index (χ1) is 8.65. The van der Waals surface area contributed by atoms with Crippen LogP contribution >= 0.6 is 0 Å². The van der Waals surface area contributed by atoms with Crippen molar-refractivity contribution in [2.45, 2.75) is 6.92 Å². The van der Waals surface area contributed by atoms with E-state index in [9.17, 15) is 4.79 Å². The highest BCUT2D eigenvalue weighted by atomic mass is 16.5. The van der Waals surface area contributed by atoms with Gasteiger partial charge in [0.05, 0.1) is 25.4 Å². The molecule has 0 aromatic carbocycles. The molecule has 0 unspecified atom stereocenters. The lowest BCUT2D eigenvalue weighted by Crippen LogP contribution is -2.28. The SMILES string of the molecule is COCCOCCNC(=O)c1cnc(C)cc1N. The van der Waals surface area contributed by atoms with Crippen LogP contribution < -0.4 is 11.1 Å². The van der Waals surface area contributed by atoms with Crippen LogP contribution in [-0.2, 0) is 9.47 Å². The normalized spacial score (nSPS) is 10.3. The van der Waals surface area contributed by atoms with Gasteiger partial charge in [-0.15, -0.1) is 0 Å². The third-order valence-electron chi connectivity index (χ3n) is 2.28. The van der Waals surface area contributed by atoms with Gasteiger partial charge in [-0.25, -0.2) is 0 Å². The molecule has 6 nitrogen and oxygen atoms in total. The molecule has 18 heavy (non-hydrogen) atoms. The second kappa shape index (κ2) is 7.62. The first-order valence-corrected chi connectivity index (χ1v) is 5.72. The van der Waals surface area contributed by atoms with Crippen molar-refractivity contribution < 1.29 is 14.3 Å². The summed E-state index contributed by atoms with van der Waals surface area (Å²) in [6.45, 7) is 3.75. The molecule has 6 heteroatoms. The van der Waals surface area contributed by atoms with Crippen molar-refractivity contribution in [2.24, 2.45) is 0 Å². The fourth-order valence-electron chi connectivity index (χ4n) is 1.35. The second-order valence-electron chi connectivity index (χ2n) is 3.77. The van der Waals surface area contributed by atoms with E-state index >= 15 is 0 Å². The maximum absolute atomic E-state index is 11.8. The summed E-state index contributed by atoms with van der Waals surface area (Å²) in [5, 5.41) is 2.71. The summed E-state index contributed by atoms with van der Waals surface area (Å²) in [5.74, 6) is -0.240. The van der Waals surface area contributed by atoms with E-state index in [4.69, 9.17) is 15.2 Å². The molecule has 1 aromatic heterocycles. The van der Waals surface area contributed by atoms with Crippen molar-refractivity contribution in [1.82, 2.24) is 10.3 Å². The van der Waals surface area contributed by atoms with Gasteiger partial charge < -0.3 is 20.5 Å². The quantitative estimate of drug-likeness (QED) is 0.685. The molecular weight excluding hydrogens is 234 g/mol. The number of nitrogens with zero attached hydrogens (tertiary/aromatic N) is 1. The number of aryl methyl sites for hydroxylation is 1. The predicted octanol–water partition coefficient (Wildman–Crippen LogP) is 0.365. The molecule has 0 aliphatic heterocycles. The third-order valence-corrected chi connectivity index (χ3v) is 2.28. The maximum Gasteiger partial charge on any atom is 0.255 e. The minimum absolute atomic E-state index is 0.240. The number of nitrogens with two attached hydrogens (primary N) is 1. The summed E-state index contributed by atoms with van der Waals surface area (Å²) < 4.78 is 10.1. The van der Waals surface area contributed by atoms with Crippen LogP contribution in [0.5, 0.6) is 0 Å². The van der Waals surface area contributed by atoms with Gasteiger partial charge in [-0.05, 0) is 13.0 Å². The smallest absolute Gasteiger partial charge is 0.255 e. The van der Waals surface area contributed by atoms with Crippen LogP contribution in [0.4, 0.5) is 5.69 Å². The van der Waals surface area contributed by atoms with E-state index in [-0.39, 0.29) is 5.91 Å². The molecule has 3 N–H and O–H groups in total. The fourth-order valence-corrected chi connectivity index (χ4v) is 1.35. The van der Waals surface area contributed by atoms with Crippen LogP contribution in [-0.4, -0.2) is 44.4 Å². The average molecular weight is 253 g/mol. The van der Waals surface area contributed by atoms with Crippen molar-refractivity contribution in [1.29, 1.82) is 0 Å². The number of aromatic nitrogens is 1. The van der Waals surface area contributed by atoms with E-state index < -0.39 is 0 Å². The lowest BCUT2D eigenvalue weighted by atomic mass is 10.2. The zero-order chi connectivity index (χ0) is 13.4. The molecule has 0 spiro atoms. The molecule has 0 saturated heterocycles. The van der Waals surface area contributed by atoms with Crippen LogP contribution in [0.25, 0.3) is 0 Å². The molecular formula is C12H19N3O3. The molecule has 100 valence electrons. The van der Waals surface area contributed by atoms with E-state index in [0.717, 1.165) is 5.69 Å². The Morgan fingerprint density at radius 2 is 2.22 bits per heavy atom. The van der Waals surface area contributed by atoms with Crippen molar-refractivity contribution in [3.05, 3.63) is 23.5 Å². The molecule has 0 bridgehead atoms. The molecule has 0 radical (unpaired) electrons. The van der Waals surface area contributed by atoms with E-state index in [1.165, 1.54) is 6.20 Å². The van der Waals surface area contributed by atoms with Gasteiger partial charge >= 0.3 is 0 Å². The molecule has 1 rings (SSSR count). The Morgan fingerprint density at radius 1 is 1.44 bits per heavy atom. The summed E-state index contributed by atoms with van der Waals surface area (Å²) in [6.07, 6.45) is 1.48. The number of methoxy groups -OCH3 is 1. The van der Waals surface area contributed by atoms with Gasteiger partial charge in [0.15, 0.2) is 0 Å². The molecule has 1 aromatic rings. The number of hydrogen-bond donors (Lipinski definition) is 2. The Bertz CT molecular complexity index is 396. The van der Waals surface area contributed by atoms with E-state index in [1.807, 2.05) is 6.92 Å². The van der Waals surface area contributed by atoms with Crippen molar-refractivity contribution in [3.63, 3.8) is 0 Å². The number of nitrogen functional groups attached to an aromatic ring is 1. The predicted molar refractivity (Wildman–Crippen MR) is 68.4 cm³/mol. The topological polar surface area (TPSA) is 86.5 Å². The average Bonchev–Trinajstić information content (AvgIpc) is 2.33. The van der Waals surface area contributed by atoms with Gasteiger partial charge in [-0.1, -0.05) is 0 Å². The van der Waals surface area contributed by atoms with Crippen LogP contribution in [0.2, 0.25) is 0 Å². The van der Waals surface area contributed by atoms with Gasteiger partial charge in [0.25, 0.3) is 5.91 Å². The lowest BCUT2D eigenvalue weighted by Gasteiger charge is -2.08. The highest BCUT2D eigenvalue weighted by Gasteiger charge is 2.09. The Morgan fingerprint density at radius 3 is 2.89 bits per heavy atom. The van der Waals surface area contributed by atoms with Crippen LogP contribution in [0.15, 0.2) is 12.3 Å². The standard InChI is InChI=1S/C12H19N3O3/c1-9-7-11(13)10(8-15-9)12(16)14-3-4-18-6-5-17-2/h7-8H,3-6H2,1-2H3,(H2,13,15)(H,14,16). The minimum Gasteiger partial charge on any atom is -0.398 e. The number of carbonyl (C=O) groups is 1. The second-order valence-corrected chi connectivity index (χ2v) is 3.77. The monoisotopic (exact) mass is 253 g/mol. The van der Waals surface area contributed by atoms with Crippen LogP contribution in [0.3, 0.4) is 0 Å². The van der Waals surface area contributed by atoms with E-state index in [0.29, 0.717) is 37.6 Å². The van der Waals surface area contributed by atoms with E-state index in [1.54, 1.807) is 13.2 Å². The van der Waals surface area contributed by atoms with Crippen molar-refractivity contribution in [3.8, 4) is 0 Å². The van der Waals surface area contributed by atoms with E-state index in [2.05, 4.69) is 10.3 Å². The first-order valence-electron chi connectivity index (χ1n) is 5.72. The van der Waals surface area contributed by atoms with Gasteiger partial charge in [0.1, 0.15) is 0 Å². The summed E-state index contributed by atoms with van der Waals surface area (Å²) >= 11 is 0. The zero-order valence-corrected chi connectivity index (χ0v) is 10.7. The molecule has 0 aliphatic rings.